The molecule has 1 aliphatic rings. The van der Waals surface area contributed by atoms with Crippen molar-refractivity contribution in [1.29, 1.82) is 0 Å². The predicted molar refractivity (Wildman–Crippen MR) is 82.2 cm³/mol. The van der Waals surface area contributed by atoms with Crippen molar-refractivity contribution in [2.24, 2.45) is 0 Å². The molecule has 6 heteroatoms. The molecule has 0 saturated heterocycles. The van der Waals surface area contributed by atoms with Crippen LogP contribution in [0.1, 0.15) is 26.3 Å². The van der Waals surface area contributed by atoms with Crippen LogP contribution in [0.2, 0.25) is 0 Å². The molecule has 1 heterocycles. The first-order valence-electron chi connectivity index (χ1n) is 6.42. The maximum atomic E-state index is 11.6. The van der Waals surface area contributed by atoms with E-state index in [1.54, 1.807) is 0 Å². The summed E-state index contributed by atoms with van der Waals surface area (Å²) in [7, 11) is -3.76. The predicted octanol–water partition coefficient (Wildman–Crippen LogP) is 3.19. The molecule has 1 aliphatic heterocycles. The standard InChI is InChI=1S/C14H18ClNO3S/c1-4-16-13-8-6-5-7-12(13)11(9-14(16,2)3)10-20(17,18)19-15/h5-9H,4,10H2,1-3H3. The van der Waals surface area contributed by atoms with E-state index in [0.29, 0.717) is 0 Å². The monoisotopic (exact) mass is 315 g/mol. The zero-order chi connectivity index (χ0) is 15.0. The summed E-state index contributed by atoms with van der Waals surface area (Å²) in [5.41, 5.74) is 2.39. The molecular weight excluding hydrogens is 298 g/mol. The summed E-state index contributed by atoms with van der Waals surface area (Å²) in [6, 6.07) is 7.77. The molecule has 1 aromatic rings. The van der Waals surface area contributed by atoms with Crippen molar-refractivity contribution in [3.8, 4) is 0 Å². The Bertz CT molecular complexity index is 638. The number of benzene rings is 1. The molecule has 0 N–H and O–H groups in total. The van der Waals surface area contributed by atoms with Crippen molar-refractivity contribution in [3.63, 3.8) is 0 Å². The number of hydrogen-bond donors (Lipinski definition) is 0. The van der Waals surface area contributed by atoms with Gasteiger partial charge in [-0.05, 0) is 32.4 Å². The summed E-state index contributed by atoms with van der Waals surface area (Å²) in [4.78, 5) is 2.24. The fraction of sp³-hybridized carbons (Fsp3) is 0.429. The molecule has 0 unspecified atom stereocenters. The molecule has 4 nitrogen and oxygen atoms in total. The van der Waals surface area contributed by atoms with Crippen molar-refractivity contribution in [1.82, 2.24) is 0 Å². The average Bonchev–Trinajstić information content (AvgIpc) is 2.38. The van der Waals surface area contributed by atoms with Gasteiger partial charge in [-0.15, -0.1) is 0 Å². The highest BCUT2D eigenvalue weighted by molar-refractivity contribution is 7.87. The second-order valence-electron chi connectivity index (χ2n) is 5.35. The van der Waals surface area contributed by atoms with Crippen LogP contribution < -0.4 is 4.90 Å². The van der Waals surface area contributed by atoms with Crippen molar-refractivity contribution in [2.45, 2.75) is 26.3 Å². The fourth-order valence-corrected chi connectivity index (χ4v) is 3.58. The second kappa shape index (κ2) is 5.39. The Labute approximate surface area is 125 Å². The molecule has 1 aromatic carbocycles. The number of hydrogen-bond acceptors (Lipinski definition) is 4. The Balaban J connectivity index is 2.55. The van der Waals surface area contributed by atoms with Gasteiger partial charge in [0.05, 0.1) is 17.4 Å². The molecular formula is C14H18ClNO3S. The highest BCUT2D eigenvalue weighted by Crippen LogP contribution is 2.39. The van der Waals surface area contributed by atoms with E-state index in [1.807, 2.05) is 30.3 Å². The number of halogens is 1. The van der Waals surface area contributed by atoms with E-state index in [9.17, 15) is 8.42 Å². The minimum atomic E-state index is -3.76. The molecule has 0 aliphatic carbocycles. The number of para-hydroxylation sites is 1. The third-order valence-electron chi connectivity index (χ3n) is 3.51. The Morgan fingerprint density at radius 1 is 1.30 bits per heavy atom. The molecule has 0 radical (unpaired) electrons. The van der Waals surface area contributed by atoms with Crippen LogP contribution in [0.5, 0.6) is 0 Å². The largest absolute Gasteiger partial charge is 0.363 e. The Morgan fingerprint density at radius 2 is 1.95 bits per heavy atom. The van der Waals surface area contributed by atoms with Crippen LogP contribution in [0.25, 0.3) is 5.57 Å². The number of likely N-dealkylation sites (N-methyl/N-ethyl adjacent to an activating group) is 1. The summed E-state index contributed by atoms with van der Waals surface area (Å²) >= 11 is 5.04. The molecule has 2 rings (SSSR count). The van der Waals surface area contributed by atoms with E-state index >= 15 is 0 Å². The van der Waals surface area contributed by atoms with Crippen LogP contribution in [0, 0.1) is 0 Å². The lowest BCUT2D eigenvalue weighted by Gasteiger charge is -2.43. The Kier molecular flexibility index (Phi) is 4.14. The van der Waals surface area contributed by atoms with E-state index in [-0.39, 0.29) is 11.3 Å². The van der Waals surface area contributed by atoms with E-state index < -0.39 is 10.1 Å². The van der Waals surface area contributed by atoms with Gasteiger partial charge in [-0.1, -0.05) is 24.3 Å². The molecule has 0 amide bonds. The fourth-order valence-electron chi connectivity index (χ4n) is 2.78. The van der Waals surface area contributed by atoms with Crippen molar-refractivity contribution in [3.05, 3.63) is 35.9 Å². The molecule has 0 aromatic heterocycles. The highest BCUT2D eigenvalue weighted by Gasteiger charge is 2.32. The SMILES string of the molecule is CCN1c2ccccc2C(CS(=O)(=O)OCl)=CC1(C)C. The van der Waals surface area contributed by atoms with Crippen molar-refractivity contribution in [2.75, 3.05) is 17.2 Å². The lowest BCUT2D eigenvalue weighted by molar-refractivity contribution is 0.512. The third-order valence-corrected chi connectivity index (χ3v) is 4.94. The first-order chi connectivity index (χ1) is 9.30. The quantitative estimate of drug-likeness (QED) is 0.856. The lowest BCUT2D eigenvalue weighted by Crippen LogP contribution is -2.45. The summed E-state index contributed by atoms with van der Waals surface area (Å²) in [6.07, 6.45) is 1.96. The van der Waals surface area contributed by atoms with Gasteiger partial charge in [0.1, 0.15) is 5.75 Å². The normalized spacial score (nSPS) is 17.6. The van der Waals surface area contributed by atoms with E-state index in [0.717, 1.165) is 23.4 Å². The zero-order valence-corrected chi connectivity index (χ0v) is 13.3. The first-order valence-corrected chi connectivity index (χ1v) is 8.31. The minimum Gasteiger partial charge on any atom is -0.363 e. The van der Waals surface area contributed by atoms with Crippen LogP contribution in [-0.4, -0.2) is 26.3 Å². The summed E-state index contributed by atoms with van der Waals surface area (Å²) < 4.78 is 27.3. The molecule has 110 valence electrons. The zero-order valence-electron chi connectivity index (χ0n) is 11.8. The van der Waals surface area contributed by atoms with Crippen LogP contribution in [0.3, 0.4) is 0 Å². The van der Waals surface area contributed by atoms with E-state index in [2.05, 4.69) is 29.4 Å². The van der Waals surface area contributed by atoms with E-state index in [1.165, 1.54) is 0 Å². The molecule has 0 saturated carbocycles. The maximum absolute atomic E-state index is 11.6. The maximum Gasteiger partial charge on any atom is 0.287 e. The van der Waals surface area contributed by atoms with Gasteiger partial charge in [-0.3, -0.25) is 0 Å². The first kappa shape index (κ1) is 15.4. The topological polar surface area (TPSA) is 46.6 Å². The molecule has 0 bridgehead atoms. The van der Waals surface area contributed by atoms with Crippen LogP contribution in [0.4, 0.5) is 5.69 Å². The molecule has 0 spiro atoms. The van der Waals surface area contributed by atoms with Crippen LogP contribution in [0.15, 0.2) is 30.3 Å². The van der Waals surface area contributed by atoms with E-state index in [4.69, 9.17) is 11.9 Å². The Morgan fingerprint density at radius 3 is 2.55 bits per heavy atom. The molecule has 20 heavy (non-hydrogen) atoms. The second-order valence-corrected chi connectivity index (χ2v) is 7.26. The van der Waals surface area contributed by atoms with Gasteiger partial charge in [0.25, 0.3) is 10.1 Å². The average molecular weight is 316 g/mol. The van der Waals surface area contributed by atoms with Gasteiger partial charge in [-0.2, -0.15) is 12.2 Å². The van der Waals surface area contributed by atoms with Gasteiger partial charge in [-0.25, -0.2) is 0 Å². The van der Waals surface area contributed by atoms with Crippen LogP contribution in [-0.2, 0) is 13.9 Å². The molecule has 0 fully saturated rings. The summed E-state index contributed by atoms with van der Waals surface area (Å²) in [5, 5.41) is 0. The third kappa shape index (κ3) is 2.85. The van der Waals surface area contributed by atoms with Gasteiger partial charge in [0.15, 0.2) is 0 Å². The van der Waals surface area contributed by atoms with Gasteiger partial charge < -0.3 is 4.90 Å². The number of rotatable bonds is 4. The van der Waals surface area contributed by atoms with Crippen LogP contribution >= 0.6 is 11.9 Å². The lowest BCUT2D eigenvalue weighted by atomic mass is 9.89. The van der Waals surface area contributed by atoms with Gasteiger partial charge in [0.2, 0.25) is 0 Å². The minimum absolute atomic E-state index is 0.228. The molecule has 0 atom stereocenters. The summed E-state index contributed by atoms with van der Waals surface area (Å²) in [6.45, 7) is 7.03. The number of fused-ring (bicyclic) bond motifs is 1. The van der Waals surface area contributed by atoms with Gasteiger partial charge in [0, 0.05) is 17.8 Å². The smallest absolute Gasteiger partial charge is 0.287 e. The van der Waals surface area contributed by atoms with Crippen molar-refractivity contribution >= 4 is 33.2 Å². The number of anilines is 1. The van der Waals surface area contributed by atoms with Crippen molar-refractivity contribution < 1.29 is 12.2 Å². The summed E-state index contributed by atoms with van der Waals surface area (Å²) in [5.74, 6) is -0.228. The highest BCUT2D eigenvalue weighted by atomic mass is 35.5. The van der Waals surface area contributed by atoms with Gasteiger partial charge >= 0.3 is 0 Å². The Hall–Kier alpha value is -1.04. The number of nitrogens with zero attached hydrogens (tertiary/aromatic N) is 1.